The summed E-state index contributed by atoms with van der Waals surface area (Å²) in [5.74, 6) is 0. The molecule has 2 rings (SSSR count). The quantitative estimate of drug-likeness (QED) is 0.656. The molecule has 1 heterocycles. The molecule has 0 amide bonds. The Balaban J connectivity index is 2.27. The van der Waals surface area contributed by atoms with Gasteiger partial charge in [-0.2, -0.15) is 0 Å². The summed E-state index contributed by atoms with van der Waals surface area (Å²) in [6.07, 6.45) is 2.88. The normalized spacial score (nSPS) is 24.4. The Bertz CT molecular complexity index is 384. The summed E-state index contributed by atoms with van der Waals surface area (Å²) < 4.78 is 6.33. The summed E-state index contributed by atoms with van der Waals surface area (Å²) in [6, 6.07) is 7.89. The molecule has 1 unspecified atom stereocenters. The smallest absolute Gasteiger partial charge is 0.187 e. The predicted molar refractivity (Wildman–Crippen MR) is 71.3 cm³/mol. The zero-order valence-corrected chi connectivity index (χ0v) is 11.8. The van der Waals surface area contributed by atoms with Crippen molar-refractivity contribution in [1.82, 2.24) is 0 Å². The van der Waals surface area contributed by atoms with E-state index in [1.165, 1.54) is 35.6 Å². The molecule has 1 saturated heterocycles. The van der Waals surface area contributed by atoms with Crippen LogP contribution in [0, 0.1) is 13.8 Å². The molecular weight excluding hydrogens is 212 g/mol. The van der Waals surface area contributed by atoms with Gasteiger partial charge in [-0.1, -0.05) is 24.6 Å². The molecule has 1 nitrogen and oxygen atoms in total. The molecule has 0 spiro atoms. The molecule has 1 fully saturated rings. The minimum Gasteiger partial charge on any atom is -0.410 e. The van der Waals surface area contributed by atoms with Gasteiger partial charge in [0.1, 0.15) is 0 Å². The molecule has 0 aliphatic carbocycles. The van der Waals surface area contributed by atoms with Gasteiger partial charge in [-0.15, -0.1) is 0 Å². The van der Waals surface area contributed by atoms with Crippen molar-refractivity contribution in [3.63, 3.8) is 0 Å². The second-order valence-electron chi connectivity index (χ2n) is 5.55. The molecule has 0 radical (unpaired) electrons. The number of hydrogen-bond acceptors (Lipinski definition) is 1. The summed E-state index contributed by atoms with van der Waals surface area (Å²) in [5, 5.41) is 0. The third-order valence-corrected chi connectivity index (χ3v) is 6.18. The zero-order chi connectivity index (χ0) is 11.8. The standard InChI is InChI=1S/C14H22OSi/c1-11-7-5-8-13(12(11)2)14-9-6-10-16(3,4)15-14/h5,7-8,14H,6,9-10H2,1-4H3. The largest absolute Gasteiger partial charge is 0.410 e. The van der Waals surface area contributed by atoms with Crippen LogP contribution in [0.3, 0.4) is 0 Å². The van der Waals surface area contributed by atoms with Crippen LogP contribution in [0.5, 0.6) is 0 Å². The molecule has 1 aromatic carbocycles. The van der Waals surface area contributed by atoms with Gasteiger partial charge in [-0.3, -0.25) is 0 Å². The second-order valence-corrected chi connectivity index (χ2v) is 9.80. The van der Waals surface area contributed by atoms with Gasteiger partial charge < -0.3 is 4.43 Å². The summed E-state index contributed by atoms with van der Waals surface area (Å²) in [6.45, 7) is 9.08. The van der Waals surface area contributed by atoms with Crippen molar-refractivity contribution >= 4 is 8.32 Å². The Morgan fingerprint density at radius 1 is 1.25 bits per heavy atom. The van der Waals surface area contributed by atoms with Crippen molar-refractivity contribution in [1.29, 1.82) is 0 Å². The molecule has 1 atom stereocenters. The van der Waals surface area contributed by atoms with Crippen molar-refractivity contribution in [2.45, 2.75) is 51.9 Å². The predicted octanol–water partition coefficient (Wildman–Crippen LogP) is 4.36. The van der Waals surface area contributed by atoms with Crippen LogP contribution in [0.2, 0.25) is 19.1 Å². The molecule has 1 aliphatic rings. The minimum atomic E-state index is -1.38. The monoisotopic (exact) mass is 234 g/mol. The van der Waals surface area contributed by atoms with Gasteiger partial charge >= 0.3 is 0 Å². The lowest BCUT2D eigenvalue weighted by molar-refractivity contribution is 0.162. The fraction of sp³-hybridized carbons (Fsp3) is 0.571. The molecule has 0 bridgehead atoms. The molecule has 2 heteroatoms. The van der Waals surface area contributed by atoms with Gasteiger partial charge in [0.05, 0.1) is 6.10 Å². The zero-order valence-electron chi connectivity index (χ0n) is 10.8. The van der Waals surface area contributed by atoms with Gasteiger partial charge in [0.15, 0.2) is 8.32 Å². The molecule has 1 aromatic rings. The van der Waals surface area contributed by atoms with E-state index >= 15 is 0 Å². The Kier molecular flexibility index (Phi) is 3.22. The molecule has 16 heavy (non-hydrogen) atoms. The number of hydrogen-bond donors (Lipinski definition) is 0. The van der Waals surface area contributed by atoms with Crippen molar-refractivity contribution in [2.75, 3.05) is 0 Å². The van der Waals surface area contributed by atoms with Crippen molar-refractivity contribution in [3.8, 4) is 0 Å². The SMILES string of the molecule is Cc1cccc(C2CCC[Si](C)(C)O2)c1C. The Morgan fingerprint density at radius 3 is 2.69 bits per heavy atom. The van der Waals surface area contributed by atoms with Crippen LogP contribution in [0.25, 0.3) is 0 Å². The molecule has 88 valence electrons. The first kappa shape index (κ1) is 11.9. The Labute approximate surface area is 100.0 Å². The van der Waals surface area contributed by atoms with Gasteiger partial charge in [-0.05, 0) is 56.1 Å². The van der Waals surface area contributed by atoms with Gasteiger partial charge in [0.25, 0.3) is 0 Å². The third kappa shape index (κ3) is 2.38. The van der Waals surface area contributed by atoms with Crippen LogP contribution in [0.1, 0.15) is 35.6 Å². The van der Waals surface area contributed by atoms with E-state index in [2.05, 4.69) is 45.1 Å². The fourth-order valence-electron chi connectivity index (χ4n) is 2.56. The van der Waals surface area contributed by atoms with Crippen LogP contribution in [0.4, 0.5) is 0 Å². The summed E-state index contributed by atoms with van der Waals surface area (Å²) in [4.78, 5) is 0. The summed E-state index contributed by atoms with van der Waals surface area (Å²) in [5.41, 5.74) is 4.21. The summed E-state index contributed by atoms with van der Waals surface area (Å²) in [7, 11) is -1.38. The highest BCUT2D eigenvalue weighted by atomic mass is 28.4. The maximum atomic E-state index is 6.33. The van der Waals surface area contributed by atoms with Crippen molar-refractivity contribution in [2.24, 2.45) is 0 Å². The highest BCUT2D eigenvalue weighted by Gasteiger charge is 2.32. The van der Waals surface area contributed by atoms with Gasteiger partial charge in [0.2, 0.25) is 0 Å². The van der Waals surface area contributed by atoms with E-state index in [0.29, 0.717) is 6.10 Å². The highest BCUT2D eigenvalue weighted by Crippen LogP contribution is 2.36. The molecule has 0 saturated carbocycles. The average Bonchev–Trinajstić information content (AvgIpc) is 2.20. The van der Waals surface area contributed by atoms with E-state index in [9.17, 15) is 0 Å². The highest BCUT2D eigenvalue weighted by molar-refractivity contribution is 6.71. The number of rotatable bonds is 1. The lowest BCUT2D eigenvalue weighted by Crippen LogP contribution is -2.35. The molecule has 0 N–H and O–H groups in total. The molecule has 0 aromatic heterocycles. The van der Waals surface area contributed by atoms with E-state index in [-0.39, 0.29) is 0 Å². The van der Waals surface area contributed by atoms with Crippen molar-refractivity contribution < 1.29 is 4.43 Å². The van der Waals surface area contributed by atoms with Crippen LogP contribution >= 0.6 is 0 Å². The van der Waals surface area contributed by atoms with E-state index in [1.807, 2.05) is 0 Å². The third-order valence-electron chi connectivity index (χ3n) is 3.70. The van der Waals surface area contributed by atoms with Crippen LogP contribution in [0.15, 0.2) is 18.2 Å². The topological polar surface area (TPSA) is 9.23 Å². The Morgan fingerprint density at radius 2 is 2.00 bits per heavy atom. The van der Waals surface area contributed by atoms with Crippen LogP contribution < -0.4 is 0 Å². The molecular formula is C14H22OSi. The maximum Gasteiger partial charge on any atom is 0.187 e. The van der Waals surface area contributed by atoms with Crippen LogP contribution in [-0.4, -0.2) is 8.32 Å². The molecule has 1 aliphatic heterocycles. The van der Waals surface area contributed by atoms with Crippen LogP contribution in [-0.2, 0) is 4.43 Å². The second kappa shape index (κ2) is 4.34. The van der Waals surface area contributed by atoms with E-state index in [0.717, 1.165) is 0 Å². The first-order valence-electron chi connectivity index (χ1n) is 6.23. The summed E-state index contributed by atoms with van der Waals surface area (Å²) >= 11 is 0. The lowest BCUT2D eigenvalue weighted by atomic mass is 9.97. The van der Waals surface area contributed by atoms with Gasteiger partial charge in [-0.25, -0.2) is 0 Å². The fourth-order valence-corrected chi connectivity index (χ4v) is 4.75. The minimum absolute atomic E-state index is 0.357. The Hall–Kier alpha value is -0.603. The van der Waals surface area contributed by atoms with E-state index in [4.69, 9.17) is 4.43 Å². The lowest BCUT2D eigenvalue weighted by Gasteiger charge is -2.35. The maximum absolute atomic E-state index is 6.33. The first-order chi connectivity index (χ1) is 7.49. The number of benzene rings is 1. The van der Waals surface area contributed by atoms with E-state index in [1.54, 1.807) is 0 Å². The van der Waals surface area contributed by atoms with Crippen molar-refractivity contribution in [3.05, 3.63) is 34.9 Å². The first-order valence-corrected chi connectivity index (χ1v) is 9.35. The average molecular weight is 234 g/mol. The van der Waals surface area contributed by atoms with Gasteiger partial charge in [0, 0.05) is 0 Å². The van der Waals surface area contributed by atoms with E-state index < -0.39 is 8.32 Å². The number of aryl methyl sites for hydroxylation is 1.